The molecule has 1 amide bonds. The summed E-state index contributed by atoms with van der Waals surface area (Å²) in [7, 11) is 0. The van der Waals surface area contributed by atoms with Crippen molar-refractivity contribution in [2.75, 3.05) is 13.2 Å². The van der Waals surface area contributed by atoms with Gasteiger partial charge in [-0.1, -0.05) is 40.0 Å². The lowest BCUT2D eigenvalue weighted by atomic mass is 10.2. The average Bonchev–Trinajstić information content (AvgIpc) is 2.40. The Morgan fingerprint density at radius 1 is 0.947 bits per heavy atom. The van der Waals surface area contributed by atoms with Crippen LogP contribution in [0.2, 0.25) is 0 Å². The monoisotopic (exact) mass is 273 g/mol. The highest BCUT2D eigenvalue weighted by Crippen LogP contribution is 2.02. The molecule has 1 N–H and O–H groups in total. The van der Waals surface area contributed by atoms with Crippen molar-refractivity contribution in [2.24, 2.45) is 0 Å². The standard InChI is InChI=1S/C14H27NO4/c1-4-7-8-11-18-13(16)12(9-5-2)15-14(17)19-10-6-3/h12H,4-11H2,1-3H3,(H,15,17). The van der Waals surface area contributed by atoms with Gasteiger partial charge in [0.1, 0.15) is 6.04 Å². The predicted molar refractivity (Wildman–Crippen MR) is 74.0 cm³/mol. The molecular formula is C14H27NO4. The summed E-state index contributed by atoms with van der Waals surface area (Å²) in [5, 5.41) is 2.56. The highest BCUT2D eigenvalue weighted by Gasteiger charge is 2.21. The molecule has 0 aliphatic heterocycles. The topological polar surface area (TPSA) is 64.6 Å². The Kier molecular flexibility index (Phi) is 11.0. The van der Waals surface area contributed by atoms with E-state index in [1.54, 1.807) is 0 Å². The molecule has 0 aliphatic rings. The Morgan fingerprint density at radius 3 is 2.26 bits per heavy atom. The third-order valence-electron chi connectivity index (χ3n) is 2.58. The van der Waals surface area contributed by atoms with E-state index in [9.17, 15) is 9.59 Å². The van der Waals surface area contributed by atoms with E-state index in [0.29, 0.717) is 19.6 Å². The second kappa shape index (κ2) is 11.8. The van der Waals surface area contributed by atoms with Crippen LogP contribution in [0.1, 0.15) is 59.3 Å². The van der Waals surface area contributed by atoms with Crippen LogP contribution in [0.5, 0.6) is 0 Å². The molecule has 0 rings (SSSR count). The van der Waals surface area contributed by atoms with E-state index in [1.807, 2.05) is 13.8 Å². The zero-order valence-electron chi connectivity index (χ0n) is 12.4. The molecule has 1 atom stereocenters. The van der Waals surface area contributed by atoms with E-state index in [2.05, 4.69) is 12.2 Å². The lowest BCUT2D eigenvalue weighted by Crippen LogP contribution is -2.42. The summed E-state index contributed by atoms with van der Waals surface area (Å²) in [4.78, 5) is 23.2. The molecule has 0 fully saturated rings. The number of carbonyl (C=O) groups is 2. The van der Waals surface area contributed by atoms with Gasteiger partial charge >= 0.3 is 12.1 Å². The number of hydrogen-bond donors (Lipinski definition) is 1. The van der Waals surface area contributed by atoms with Crippen molar-refractivity contribution in [3.8, 4) is 0 Å². The molecule has 0 aliphatic carbocycles. The van der Waals surface area contributed by atoms with Gasteiger partial charge in [0, 0.05) is 0 Å². The minimum Gasteiger partial charge on any atom is -0.464 e. The van der Waals surface area contributed by atoms with Gasteiger partial charge in [-0.25, -0.2) is 9.59 Å². The number of amides is 1. The SMILES string of the molecule is CCCCCOC(=O)C(CCC)NC(=O)OCCC. The molecule has 112 valence electrons. The van der Waals surface area contributed by atoms with Gasteiger partial charge in [0.25, 0.3) is 0 Å². The van der Waals surface area contributed by atoms with Gasteiger partial charge in [0.2, 0.25) is 0 Å². The third-order valence-corrected chi connectivity index (χ3v) is 2.58. The maximum absolute atomic E-state index is 11.8. The molecule has 0 bridgehead atoms. The second-order valence-electron chi connectivity index (χ2n) is 4.50. The van der Waals surface area contributed by atoms with Crippen molar-refractivity contribution in [1.29, 1.82) is 0 Å². The van der Waals surface area contributed by atoms with Crippen LogP contribution in [0, 0.1) is 0 Å². The molecule has 1 unspecified atom stereocenters. The van der Waals surface area contributed by atoms with Crippen LogP contribution in [-0.2, 0) is 14.3 Å². The summed E-state index contributed by atoms with van der Waals surface area (Å²) < 4.78 is 10.1. The van der Waals surface area contributed by atoms with Gasteiger partial charge < -0.3 is 14.8 Å². The van der Waals surface area contributed by atoms with Gasteiger partial charge in [0.05, 0.1) is 13.2 Å². The number of alkyl carbamates (subject to hydrolysis) is 1. The fraction of sp³-hybridized carbons (Fsp3) is 0.857. The molecule has 0 spiro atoms. The average molecular weight is 273 g/mol. The van der Waals surface area contributed by atoms with E-state index in [-0.39, 0.29) is 5.97 Å². The first kappa shape index (κ1) is 17.7. The summed E-state index contributed by atoms with van der Waals surface area (Å²) in [6.45, 7) is 6.73. The van der Waals surface area contributed by atoms with Crippen LogP contribution < -0.4 is 5.32 Å². The molecular weight excluding hydrogens is 246 g/mol. The lowest BCUT2D eigenvalue weighted by molar-refractivity contribution is -0.146. The summed E-state index contributed by atoms with van der Waals surface area (Å²) in [6, 6.07) is -0.601. The molecule has 0 saturated carbocycles. The molecule has 19 heavy (non-hydrogen) atoms. The van der Waals surface area contributed by atoms with Crippen molar-refractivity contribution in [3.63, 3.8) is 0 Å². The molecule has 5 heteroatoms. The van der Waals surface area contributed by atoms with Gasteiger partial charge in [-0.3, -0.25) is 0 Å². The van der Waals surface area contributed by atoms with Crippen LogP contribution in [0.25, 0.3) is 0 Å². The summed E-state index contributed by atoms with van der Waals surface area (Å²) in [6.07, 6.45) is 4.55. The summed E-state index contributed by atoms with van der Waals surface area (Å²) in [5.41, 5.74) is 0. The number of unbranched alkanes of at least 4 members (excludes halogenated alkanes) is 2. The van der Waals surface area contributed by atoms with Gasteiger partial charge in [-0.2, -0.15) is 0 Å². The van der Waals surface area contributed by atoms with Crippen LogP contribution in [0.4, 0.5) is 4.79 Å². The second-order valence-corrected chi connectivity index (χ2v) is 4.50. The fourth-order valence-electron chi connectivity index (χ4n) is 1.54. The number of nitrogens with one attached hydrogen (secondary N) is 1. The van der Waals surface area contributed by atoms with E-state index in [1.165, 1.54) is 0 Å². The maximum Gasteiger partial charge on any atom is 0.407 e. The van der Waals surface area contributed by atoms with Crippen LogP contribution in [0.15, 0.2) is 0 Å². The summed E-state index contributed by atoms with van der Waals surface area (Å²) >= 11 is 0. The molecule has 0 aromatic rings. The van der Waals surface area contributed by atoms with Crippen LogP contribution in [-0.4, -0.2) is 31.3 Å². The number of esters is 1. The Morgan fingerprint density at radius 2 is 1.68 bits per heavy atom. The smallest absolute Gasteiger partial charge is 0.407 e. The maximum atomic E-state index is 11.8. The Balaban J connectivity index is 4.06. The van der Waals surface area contributed by atoms with Crippen molar-refractivity contribution < 1.29 is 19.1 Å². The van der Waals surface area contributed by atoms with Crippen LogP contribution in [0.3, 0.4) is 0 Å². The van der Waals surface area contributed by atoms with Crippen molar-refractivity contribution >= 4 is 12.1 Å². The first-order valence-corrected chi connectivity index (χ1v) is 7.25. The Bertz CT molecular complexity index is 256. The zero-order valence-corrected chi connectivity index (χ0v) is 12.4. The number of rotatable bonds is 10. The van der Waals surface area contributed by atoms with Crippen LogP contribution >= 0.6 is 0 Å². The van der Waals surface area contributed by atoms with E-state index >= 15 is 0 Å². The minimum atomic E-state index is -0.601. The van der Waals surface area contributed by atoms with Gasteiger partial charge in [0.15, 0.2) is 0 Å². The summed E-state index contributed by atoms with van der Waals surface area (Å²) in [5.74, 6) is -0.369. The first-order valence-electron chi connectivity index (χ1n) is 7.25. The number of hydrogen-bond acceptors (Lipinski definition) is 4. The molecule has 0 radical (unpaired) electrons. The largest absolute Gasteiger partial charge is 0.464 e. The molecule has 0 aromatic heterocycles. The van der Waals surface area contributed by atoms with Crippen molar-refractivity contribution in [2.45, 2.75) is 65.3 Å². The number of carbonyl (C=O) groups excluding carboxylic acids is 2. The minimum absolute atomic E-state index is 0.357. The molecule has 0 heterocycles. The fourth-order valence-corrected chi connectivity index (χ4v) is 1.54. The van der Waals surface area contributed by atoms with Crippen molar-refractivity contribution in [3.05, 3.63) is 0 Å². The van der Waals surface area contributed by atoms with Crippen molar-refractivity contribution in [1.82, 2.24) is 5.32 Å². The Hall–Kier alpha value is -1.26. The normalized spacial score (nSPS) is 11.7. The van der Waals surface area contributed by atoms with Gasteiger partial charge in [-0.15, -0.1) is 0 Å². The Labute approximate surface area is 116 Å². The van der Waals surface area contributed by atoms with E-state index < -0.39 is 12.1 Å². The lowest BCUT2D eigenvalue weighted by Gasteiger charge is -2.16. The number of ether oxygens (including phenoxy) is 2. The highest BCUT2D eigenvalue weighted by molar-refractivity contribution is 5.81. The van der Waals surface area contributed by atoms with Gasteiger partial charge in [-0.05, 0) is 19.3 Å². The first-order chi connectivity index (χ1) is 9.15. The molecule has 0 aromatic carbocycles. The molecule has 0 saturated heterocycles. The quantitative estimate of drug-likeness (QED) is 0.491. The molecule has 5 nitrogen and oxygen atoms in total. The zero-order chi connectivity index (χ0) is 14.5. The predicted octanol–water partition coefficient (Wildman–Crippen LogP) is 3.02. The third kappa shape index (κ3) is 9.33. The van der Waals surface area contributed by atoms with E-state index in [0.717, 1.165) is 32.1 Å². The highest BCUT2D eigenvalue weighted by atomic mass is 16.6. The van der Waals surface area contributed by atoms with E-state index in [4.69, 9.17) is 9.47 Å².